The van der Waals surface area contributed by atoms with Gasteiger partial charge in [0.15, 0.2) is 5.82 Å². The number of nitrogens with one attached hydrogen (secondary N) is 1. The van der Waals surface area contributed by atoms with E-state index in [1.807, 2.05) is 31.3 Å². The second kappa shape index (κ2) is 9.45. The van der Waals surface area contributed by atoms with E-state index in [4.69, 9.17) is 0 Å². The molecule has 1 aliphatic carbocycles. The number of rotatable bonds is 5. The van der Waals surface area contributed by atoms with Crippen LogP contribution in [0.2, 0.25) is 0 Å². The van der Waals surface area contributed by atoms with Crippen molar-refractivity contribution in [1.82, 2.24) is 19.9 Å². The molecule has 192 valence electrons. The third-order valence-corrected chi connectivity index (χ3v) is 8.20. The van der Waals surface area contributed by atoms with Crippen LogP contribution in [0.4, 0.5) is 31.9 Å². The van der Waals surface area contributed by atoms with E-state index in [2.05, 4.69) is 42.0 Å². The van der Waals surface area contributed by atoms with Gasteiger partial charge in [-0.15, -0.1) is 0 Å². The van der Waals surface area contributed by atoms with Crippen LogP contribution in [0.3, 0.4) is 0 Å². The Morgan fingerprint density at radius 3 is 2.46 bits per heavy atom. The summed E-state index contributed by atoms with van der Waals surface area (Å²) in [7, 11) is 0. The summed E-state index contributed by atoms with van der Waals surface area (Å²) in [6.45, 7) is 9.24. The van der Waals surface area contributed by atoms with Crippen molar-refractivity contribution in [3.63, 3.8) is 0 Å². The lowest BCUT2D eigenvalue weighted by molar-refractivity contribution is 0.271. The zero-order valence-electron chi connectivity index (χ0n) is 21.3. The Morgan fingerprint density at radius 2 is 1.76 bits per heavy atom. The van der Waals surface area contributed by atoms with Gasteiger partial charge in [0.25, 0.3) is 0 Å². The number of aromatic nitrogens is 3. The molecule has 0 atom stereocenters. The van der Waals surface area contributed by atoms with Crippen LogP contribution in [0.15, 0.2) is 41.7 Å². The molecular weight excluding hydrogens is 472 g/mol. The molecule has 9 heteroatoms. The van der Waals surface area contributed by atoms with Gasteiger partial charge in [0.1, 0.15) is 23.0 Å². The molecule has 3 aliphatic rings. The van der Waals surface area contributed by atoms with Crippen molar-refractivity contribution in [1.29, 1.82) is 0 Å². The number of hydrogen-bond acceptors (Lipinski definition) is 7. The lowest BCUT2D eigenvalue weighted by atomic mass is 9.76. The van der Waals surface area contributed by atoms with E-state index >= 15 is 4.39 Å². The predicted octanol–water partition coefficient (Wildman–Crippen LogP) is 5.62. The minimum atomic E-state index is -0.601. The molecule has 1 spiro atoms. The molecule has 6 rings (SSSR count). The highest BCUT2D eigenvalue weighted by molar-refractivity contribution is 6.01. The molecular formula is C28H31F2N7. The van der Waals surface area contributed by atoms with E-state index in [1.165, 1.54) is 6.07 Å². The number of fused-ring (bicyclic) bond motifs is 2. The van der Waals surface area contributed by atoms with Crippen LogP contribution in [0, 0.1) is 11.6 Å². The van der Waals surface area contributed by atoms with E-state index in [9.17, 15) is 4.39 Å². The van der Waals surface area contributed by atoms with Gasteiger partial charge >= 0.3 is 0 Å². The number of aliphatic imine (C=N–C) groups is 1. The average Bonchev–Trinajstić information content (AvgIpc) is 3.52. The number of anilines is 3. The number of nitrogens with zero attached hydrogens (tertiary/aromatic N) is 6. The maximum Gasteiger partial charge on any atom is 0.229 e. The van der Waals surface area contributed by atoms with E-state index in [-0.39, 0.29) is 17.1 Å². The number of benzene rings is 1. The first-order chi connectivity index (χ1) is 18.0. The van der Waals surface area contributed by atoms with Gasteiger partial charge in [0.05, 0.1) is 18.1 Å². The molecule has 3 aromatic rings. The first-order valence-electron chi connectivity index (χ1n) is 13.1. The summed E-state index contributed by atoms with van der Waals surface area (Å²) in [5.41, 5.74) is 3.45. The van der Waals surface area contributed by atoms with Crippen molar-refractivity contribution in [3.05, 3.63) is 53.9 Å². The van der Waals surface area contributed by atoms with E-state index in [1.54, 1.807) is 0 Å². The zero-order valence-corrected chi connectivity index (χ0v) is 21.3. The molecule has 1 saturated carbocycles. The molecule has 0 radical (unpaired) electrons. The molecule has 1 N–H and O–H groups in total. The van der Waals surface area contributed by atoms with Crippen LogP contribution in [-0.2, 0) is 5.41 Å². The Hall–Kier alpha value is -3.46. The SMILES string of the molecule is CCN1CCN(c2ccc(Nc3ncc(F)c(-c4cc(F)c5c(c4)C4(CCCC4)C(C)=N5)n3)nc2)CC1. The van der Waals surface area contributed by atoms with E-state index < -0.39 is 11.6 Å². The summed E-state index contributed by atoms with van der Waals surface area (Å²) >= 11 is 0. The van der Waals surface area contributed by atoms with Crippen LogP contribution in [0.5, 0.6) is 0 Å². The average molecular weight is 504 g/mol. The van der Waals surface area contributed by atoms with Gasteiger partial charge in [-0.05, 0) is 56.1 Å². The van der Waals surface area contributed by atoms with Gasteiger partial charge in [-0.3, -0.25) is 4.99 Å². The van der Waals surface area contributed by atoms with Gasteiger partial charge in [-0.2, -0.15) is 0 Å². The summed E-state index contributed by atoms with van der Waals surface area (Å²) in [6.07, 6.45) is 6.97. The summed E-state index contributed by atoms with van der Waals surface area (Å²) in [4.78, 5) is 22.3. The van der Waals surface area contributed by atoms with Gasteiger partial charge in [0.2, 0.25) is 5.95 Å². The quantitative estimate of drug-likeness (QED) is 0.487. The number of pyridine rings is 1. The predicted molar refractivity (Wildman–Crippen MR) is 142 cm³/mol. The fourth-order valence-electron chi connectivity index (χ4n) is 6.01. The number of hydrogen-bond donors (Lipinski definition) is 1. The molecule has 1 aromatic carbocycles. The molecule has 1 saturated heterocycles. The maximum atomic E-state index is 15.2. The van der Waals surface area contributed by atoms with E-state index in [0.29, 0.717) is 17.1 Å². The normalized spacial score (nSPS) is 18.8. The lowest BCUT2D eigenvalue weighted by Crippen LogP contribution is -2.46. The summed E-state index contributed by atoms with van der Waals surface area (Å²) in [5, 5.41) is 3.07. The first-order valence-corrected chi connectivity index (χ1v) is 13.1. The van der Waals surface area contributed by atoms with Crippen LogP contribution in [0.1, 0.15) is 45.1 Å². The zero-order chi connectivity index (χ0) is 25.6. The molecule has 4 heterocycles. The monoisotopic (exact) mass is 503 g/mol. The highest BCUT2D eigenvalue weighted by Gasteiger charge is 2.44. The highest BCUT2D eigenvalue weighted by atomic mass is 19.1. The topological polar surface area (TPSA) is 69.5 Å². The second-order valence-electron chi connectivity index (χ2n) is 10.2. The third-order valence-electron chi connectivity index (χ3n) is 8.20. The molecule has 37 heavy (non-hydrogen) atoms. The van der Waals surface area contributed by atoms with Crippen molar-refractivity contribution < 1.29 is 8.78 Å². The Balaban J connectivity index is 1.24. The summed E-state index contributed by atoms with van der Waals surface area (Å²) in [5.74, 6) is -0.282. The van der Waals surface area contributed by atoms with Crippen LogP contribution < -0.4 is 10.2 Å². The van der Waals surface area contributed by atoms with Crippen molar-refractivity contribution >= 4 is 28.9 Å². The number of piperazine rings is 1. The molecule has 7 nitrogen and oxygen atoms in total. The molecule has 0 bridgehead atoms. The number of likely N-dealkylation sites (N-methyl/N-ethyl adjacent to an activating group) is 1. The second-order valence-corrected chi connectivity index (χ2v) is 10.2. The van der Waals surface area contributed by atoms with Gasteiger partial charge < -0.3 is 15.1 Å². The van der Waals surface area contributed by atoms with Gasteiger partial charge in [-0.1, -0.05) is 19.8 Å². The lowest BCUT2D eigenvalue weighted by Gasteiger charge is -2.35. The molecule has 2 aromatic heterocycles. The van der Waals surface area contributed by atoms with Crippen molar-refractivity contribution in [2.45, 2.75) is 44.9 Å². The Bertz CT molecular complexity index is 1340. The molecule has 0 unspecified atom stereocenters. The molecule has 0 amide bonds. The van der Waals surface area contributed by atoms with Gasteiger partial charge in [0, 0.05) is 42.9 Å². The van der Waals surface area contributed by atoms with Crippen LogP contribution in [0.25, 0.3) is 11.3 Å². The molecule has 2 fully saturated rings. The highest BCUT2D eigenvalue weighted by Crippen LogP contribution is 2.52. The third kappa shape index (κ3) is 4.25. The van der Waals surface area contributed by atoms with E-state index in [0.717, 1.165) is 81.6 Å². The summed E-state index contributed by atoms with van der Waals surface area (Å²) in [6, 6.07) is 7.07. The smallest absolute Gasteiger partial charge is 0.229 e. The Labute approximate surface area is 215 Å². The minimum absolute atomic E-state index is 0.0577. The van der Waals surface area contributed by atoms with Crippen molar-refractivity contribution in [2.75, 3.05) is 42.9 Å². The first kappa shape index (κ1) is 23.9. The van der Waals surface area contributed by atoms with Crippen LogP contribution in [-0.4, -0.2) is 58.3 Å². The largest absolute Gasteiger partial charge is 0.368 e. The Kier molecular flexibility index (Phi) is 6.10. The fourth-order valence-corrected chi connectivity index (χ4v) is 6.01. The Morgan fingerprint density at radius 1 is 0.973 bits per heavy atom. The summed E-state index contributed by atoms with van der Waals surface area (Å²) < 4.78 is 30.1. The van der Waals surface area contributed by atoms with Crippen molar-refractivity contribution in [2.24, 2.45) is 4.99 Å². The fraction of sp³-hybridized carbons (Fsp3) is 0.429. The van der Waals surface area contributed by atoms with Crippen molar-refractivity contribution in [3.8, 4) is 11.3 Å². The standard InChI is InChI=1S/C28H31F2N7/c1-3-36-10-12-37(13-11-36)20-6-7-24(31-16-20)34-27-32-17-23(30)25(35-27)19-14-21-26(22(29)15-19)33-18(2)28(21)8-4-5-9-28/h6-7,14-17H,3-5,8-13H2,1-2H3,(H,31,32,34,35). The number of halogens is 2. The van der Waals surface area contributed by atoms with Crippen LogP contribution >= 0.6 is 0 Å². The molecule has 2 aliphatic heterocycles. The minimum Gasteiger partial charge on any atom is -0.368 e. The van der Waals surface area contributed by atoms with Gasteiger partial charge in [-0.25, -0.2) is 23.7 Å². The maximum absolute atomic E-state index is 15.2.